The lowest BCUT2D eigenvalue weighted by Crippen LogP contribution is -2.18. The Kier molecular flexibility index (Phi) is 7.15. The summed E-state index contributed by atoms with van der Waals surface area (Å²) < 4.78 is 12.8. The van der Waals surface area contributed by atoms with Crippen LogP contribution in [0.5, 0.6) is 11.5 Å². The quantitative estimate of drug-likeness (QED) is 0.220. The van der Waals surface area contributed by atoms with E-state index in [0.29, 0.717) is 17.4 Å². The zero-order valence-electron chi connectivity index (χ0n) is 18.3. The van der Waals surface area contributed by atoms with E-state index >= 15 is 0 Å². The number of carbonyl (C=O) groups excluding carboxylic acids is 2. The van der Waals surface area contributed by atoms with Crippen LogP contribution in [0.15, 0.2) is 41.7 Å². The van der Waals surface area contributed by atoms with Crippen LogP contribution in [0, 0.1) is 11.3 Å². The van der Waals surface area contributed by atoms with E-state index in [4.69, 9.17) is 32.7 Å². The number of nitriles is 1. The molecule has 34 heavy (non-hydrogen) atoms. The highest BCUT2D eigenvalue weighted by Crippen LogP contribution is 2.40. The monoisotopic (exact) mass is 498 g/mol. The fourth-order valence-electron chi connectivity index (χ4n) is 3.42. The minimum absolute atomic E-state index is 0.0241. The van der Waals surface area contributed by atoms with E-state index in [2.05, 4.69) is 14.5 Å². The molecule has 0 amide bonds. The van der Waals surface area contributed by atoms with E-state index in [9.17, 15) is 14.9 Å². The van der Waals surface area contributed by atoms with Gasteiger partial charge in [-0.1, -0.05) is 23.2 Å². The molecule has 1 aromatic heterocycles. The summed E-state index contributed by atoms with van der Waals surface area (Å²) in [4.78, 5) is 32.0. The summed E-state index contributed by atoms with van der Waals surface area (Å²) in [6.45, 7) is 1.75. The van der Waals surface area contributed by atoms with Crippen LogP contribution in [0.3, 0.4) is 0 Å². The Morgan fingerprint density at radius 3 is 2.62 bits per heavy atom. The van der Waals surface area contributed by atoms with Gasteiger partial charge in [0.05, 0.1) is 40.6 Å². The van der Waals surface area contributed by atoms with Gasteiger partial charge in [-0.2, -0.15) is 5.26 Å². The lowest BCUT2D eigenvalue weighted by Gasteiger charge is -2.12. The fourth-order valence-corrected chi connectivity index (χ4v) is 4.02. The van der Waals surface area contributed by atoms with Crippen LogP contribution in [0.2, 0.25) is 10.0 Å². The average Bonchev–Trinajstić information content (AvgIpc) is 3.55. The summed E-state index contributed by atoms with van der Waals surface area (Å²) in [7, 11) is 0. The highest BCUT2D eigenvalue weighted by Gasteiger charge is 2.25. The van der Waals surface area contributed by atoms with Crippen LogP contribution in [-0.2, 0) is 20.9 Å². The first-order valence-electron chi connectivity index (χ1n) is 10.6. The number of rotatable bonds is 9. The van der Waals surface area contributed by atoms with Crippen molar-refractivity contribution in [3.63, 3.8) is 0 Å². The van der Waals surface area contributed by atoms with Crippen LogP contribution in [-0.4, -0.2) is 33.6 Å². The average molecular weight is 499 g/mol. The van der Waals surface area contributed by atoms with Gasteiger partial charge in [-0.25, -0.2) is 4.98 Å². The topological polar surface area (TPSA) is 107 Å². The zero-order valence-corrected chi connectivity index (χ0v) is 19.8. The highest BCUT2D eigenvalue weighted by molar-refractivity contribution is 6.48. The number of ketones is 1. The minimum Gasteiger partial charge on any atom is -0.466 e. The zero-order chi connectivity index (χ0) is 24.2. The highest BCUT2D eigenvalue weighted by atomic mass is 35.5. The van der Waals surface area contributed by atoms with Crippen molar-refractivity contribution in [3.8, 4) is 17.6 Å². The molecule has 0 radical (unpaired) electrons. The summed E-state index contributed by atoms with van der Waals surface area (Å²) in [5.41, 5.74) is 2.06. The Hall–Kier alpha value is -3.41. The SMILES string of the molecule is CCOC(=O)CC(=O)C(C#N)=NCc1cc(Cl)c(Oc2ccc3ncn(C4CC4)c3c2)c(Cl)c1. The van der Waals surface area contributed by atoms with Crippen LogP contribution in [0.1, 0.15) is 37.8 Å². The lowest BCUT2D eigenvalue weighted by molar-refractivity contribution is -0.144. The molecule has 1 saturated carbocycles. The second kappa shape index (κ2) is 10.2. The second-order valence-corrected chi connectivity index (χ2v) is 8.52. The van der Waals surface area contributed by atoms with Gasteiger partial charge in [-0.15, -0.1) is 0 Å². The number of imidazole rings is 1. The molecule has 4 rings (SSSR count). The molecule has 1 aliphatic rings. The van der Waals surface area contributed by atoms with E-state index in [1.807, 2.05) is 18.5 Å². The summed E-state index contributed by atoms with van der Waals surface area (Å²) in [5, 5.41) is 9.73. The third kappa shape index (κ3) is 5.38. The fraction of sp³-hybridized carbons (Fsp3) is 0.292. The Labute approximate surface area is 205 Å². The van der Waals surface area contributed by atoms with Gasteiger partial charge in [0.15, 0.2) is 11.5 Å². The van der Waals surface area contributed by atoms with Crippen LogP contribution >= 0.6 is 23.2 Å². The van der Waals surface area contributed by atoms with E-state index in [1.54, 1.807) is 31.2 Å². The molecule has 174 valence electrons. The molecule has 0 unspecified atom stereocenters. The molecule has 0 spiro atoms. The van der Waals surface area contributed by atoms with Gasteiger partial charge in [0.1, 0.15) is 18.2 Å². The van der Waals surface area contributed by atoms with E-state index in [0.717, 1.165) is 23.9 Å². The summed E-state index contributed by atoms with van der Waals surface area (Å²) in [6.07, 6.45) is 3.58. The van der Waals surface area contributed by atoms with Gasteiger partial charge >= 0.3 is 5.97 Å². The summed E-state index contributed by atoms with van der Waals surface area (Å²) >= 11 is 12.8. The molecule has 1 aliphatic carbocycles. The van der Waals surface area contributed by atoms with Crippen LogP contribution in [0.25, 0.3) is 11.0 Å². The Morgan fingerprint density at radius 1 is 1.24 bits per heavy atom. The number of halogens is 2. The van der Waals surface area contributed by atoms with Crippen molar-refractivity contribution < 1.29 is 19.1 Å². The molecule has 3 aromatic rings. The molecule has 0 atom stereocenters. The largest absolute Gasteiger partial charge is 0.466 e. The first-order valence-corrected chi connectivity index (χ1v) is 11.4. The van der Waals surface area contributed by atoms with Crippen LogP contribution in [0.4, 0.5) is 0 Å². The standard InChI is InChI=1S/C24H20Cl2N4O4/c1-2-33-23(32)10-22(31)20(11-27)28-12-14-7-17(25)24(18(26)8-14)34-16-5-6-19-21(9-16)30(13-29-19)15-3-4-15/h5-9,13,15H,2-4,10,12H2,1H3. The number of aliphatic imine (C=N–C) groups is 1. The number of esters is 1. The number of fused-ring (bicyclic) bond motifs is 1. The molecule has 0 saturated heterocycles. The normalized spacial score (nSPS) is 13.5. The number of carbonyl (C=O) groups is 2. The van der Waals surface area contributed by atoms with Crippen molar-refractivity contribution in [1.82, 2.24) is 9.55 Å². The van der Waals surface area contributed by atoms with Gasteiger partial charge in [0.2, 0.25) is 5.78 Å². The third-order valence-electron chi connectivity index (χ3n) is 5.16. The van der Waals surface area contributed by atoms with Crippen molar-refractivity contribution in [2.75, 3.05) is 6.61 Å². The molecule has 8 nitrogen and oxygen atoms in total. The number of hydrogen-bond acceptors (Lipinski definition) is 7. The number of benzene rings is 2. The van der Waals surface area contributed by atoms with E-state index in [1.165, 1.54) is 0 Å². The first kappa shape index (κ1) is 23.7. The minimum atomic E-state index is -0.709. The molecular formula is C24H20Cl2N4O4. The van der Waals surface area contributed by atoms with Gasteiger partial charge in [-0.3, -0.25) is 14.6 Å². The Morgan fingerprint density at radius 2 is 1.97 bits per heavy atom. The van der Waals surface area contributed by atoms with Gasteiger partial charge in [0, 0.05) is 12.1 Å². The van der Waals surface area contributed by atoms with E-state index < -0.39 is 18.2 Å². The predicted octanol–water partition coefficient (Wildman–Crippen LogP) is 5.46. The third-order valence-corrected chi connectivity index (χ3v) is 5.73. The molecule has 2 aromatic carbocycles. The van der Waals surface area contributed by atoms with Crippen molar-refractivity contribution >= 4 is 51.7 Å². The molecule has 10 heteroatoms. The van der Waals surface area contributed by atoms with Crippen molar-refractivity contribution in [2.45, 2.75) is 38.8 Å². The van der Waals surface area contributed by atoms with Gasteiger partial charge < -0.3 is 14.0 Å². The predicted molar refractivity (Wildman–Crippen MR) is 128 cm³/mol. The molecule has 1 heterocycles. The molecule has 1 fully saturated rings. The maximum absolute atomic E-state index is 12.1. The van der Waals surface area contributed by atoms with Crippen molar-refractivity contribution in [1.29, 1.82) is 5.26 Å². The summed E-state index contributed by atoms with van der Waals surface area (Å²) in [5.74, 6) is -0.562. The van der Waals surface area contributed by atoms with Gasteiger partial charge in [-0.05, 0) is 49.6 Å². The molecule has 0 N–H and O–H groups in total. The number of ether oxygens (including phenoxy) is 2. The Balaban J connectivity index is 1.50. The number of hydrogen-bond donors (Lipinski definition) is 0. The molecule has 0 bridgehead atoms. The molecule has 0 aliphatic heterocycles. The second-order valence-electron chi connectivity index (χ2n) is 7.71. The maximum atomic E-state index is 12.1. The van der Waals surface area contributed by atoms with Crippen molar-refractivity contribution in [3.05, 3.63) is 52.3 Å². The smallest absolute Gasteiger partial charge is 0.313 e. The van der Waals surface area contributed by atoms with E-state index in [-0.39, 0.29) is 34.7 Å². The first-order chi connectivity index (χ1) is 16.4. The number of nitrogens with zero attached hydrogens (tertiary/aromatic N) is 4. The molecular weight excluding hydrogens is 479 g/mol. The summed E-state index contributed by atoms with van der Waals surface area (Å²) in [6, 6.07) is 11.0. The van der Waals surface area contributed by atoms with Crippen molar-refractivity contribution in [2.24, 2.45) is 4.99 Å². The Bertz CT molecular complexity index is 1320. The number of aromatic nitrogens is 2. The maximum Gasteiger partial charge on any atom is 0.313 e. The van der Waals surface area contributed by atoms with Crippen LogP contribution < -0.4 is 4.74 Å². The lowest BCUT2D eigenvalue weighted by atomic mass is 10.2. The van der Waals surface area contributed by atoms with Gasteiger partial charge in [0.25, 0.3) is 0 Å². The number of Topliss-reactive ketones (excluding diaryl/α,β-unsaturated/α-hetero) is 1.